The zero-order valence-corrected chi connectivity index (χ0v) is 13.5. The van der Waals surface area contributed by atoms with E-state index in [-0.39, 0.29) is 5.82 Å². The average Bonchev–Trinajstić information content (AvgIpc) is 2.34. The minimum atomic E-state index is -0.265. The maximum Gasteiger partial charge on any atom is 0.128 e. The average molecular weight is 332 g/mol. The van der Waals surface area contributed by atoms with Crippen molar-refractivity contribution < 1.29 is 4.39 Å². The molecule has 0 aliphatic rings. The Kier molecular flexibility index (Phi) is 4.95. The highest BCUT2D eigenvalue weighted by molar-refractivity contribution is 6.36. The first kappa shape index (κ1) is 15.6. The predicted molar refractivity (Wildman–Crippen MR) is 84.8 cm³/mol. The van der Waals surface area contributed by atoms with Crippen molar-refractivity contribution in [3.8, 4) is 0 Å². The predicted octanol–water partition coefficient (Wildman–Crippen LogP) is 6.19. The van der Waals surface area contributed by atoms with E-state index < -0.39 is 0 Å². The van der Waals surface area contributed by atoms with Crippen molar-refractivity contribution in [2.75, 3.05) is 0 Å². The van der Waals surface area contributed by atoms with E-state index in [4.69, 9.17) is 34.8 Å². The Morgan fingerprint density at radius 3 is 2.00 bits per heavy atom. The minimum Gasteiger partial charge on any atom is -0.207 e. The van der Waals surface area contributed by atoms with Gasteiger partial charge in [-0.2, -0.15) is 0 Å². The zero-order valence-electron chi connectivity index (χ0n) is 11.2. The molecule has 0 aromatic heterocycles. The third-order valence-electron chi connectivity index (χ3n) is 3.29. The van der Waals surface area contributed by atoms with Gasteiger partial charge in [0.1, 0.15) is 5.82 Å². The van der Waals surface area contributed by atoms with Gasteiger partial charge < -0.3 is 0 Å². The van der Waals surface area contributed by atoms with Gasteiger partial charge in [-0.1, -0.05) is 34.8 Å². The molecule has 2 aromatic rings. The van der Waals surface area contributed by atoms with Gasteiger partial charge in [0.25, 0.3) is 0 Å². The fourth-order valence-corrected chi connectivity index (χ4v) is 2.97. The van der Waals surface area contributed by atoms with Crippen molar-refractivity contribution >= 4 is 34.8 Å². The largest absolute Gasteiger partial charge is 0.207 e. The van der Waals surface area contributed by atoms with Crippen LogP contribution in [0.4, 0.5) is 4.39 Å². The van der Waals surface area contributed by atoms with Crippen LogP contribution in [-0.4, -0.2) is 0 Å². The summed E-state index contributed by atoms with van der Waals surface area (Å²) in [6.45, 7) is 3.68. The molecule has 4 heteroatoms. The normalized spacial score (nSPS) is 10.9. The Bertz CT molecular complexity index is 604. The van der Waals surface area contributed by atoms with Crippen LogP contribution in [0.15, 0.2) is 24.3 Å². The van der Waals surface area contributed by atoms with E-state index in [0.717, 1.165) is 16.7 Å². The smallest absolute Gasteiger partial charge is 0.128 e. The van der Waals surface area contributed by atoms with Crippen LogP contribution in [0.3, 0.4) is 0 Å². The van der Waals surface area contributed by atoms with Crippen molar-refractivity contribution in [3.63, 3.8) is 0 Å². The summed E-state index contributed by atoms with van der Waals surface area (Å²) in [6.07, 6.45) is 1.15. The highest BCUT2D eigenvalue weighted by Crippen LogP contribution is 2.27. The highest BCUT2D eigenvalue weighted by Gasteiger charge is 2.10. The number of hydrogen-bond acceptors (Lipinski definition) is 0. The van der Waals surface area contributed by atoms with Crippen molar-refractivity contribution in [1.29, 1.82) is 0 Å². The van der Waals surface area contributed by atoms with Gasteiger partial charge >= 0.3 is 0 Å². The van der Waals surface area contributed by atoms with Crippen LogP contribution >= 0.6 is 34.8 Å². The molecule has 0 atom stereocenters. The molecule has 106 valence electrons. The lowest BCUT2D eigenvalue weighted by molar-refractivity contribution is 0.607. The number of aryl methyl sites for hydroxylation is 2. The molecule has 0 fully saturated rings. The van der Waals surface area contributed by atoms with Crippen LogP contribution in [0.5, 0.6) is 0 Å². The standard InChI is InChI=1S/C16H14Cl3F/c1-9-5-15(19)12(16(20)6-9)4-3-11-7-13(17)10(2)14(18)8-11/h5-8H,3-4H2,1-2H3. The molecule has 0 aliphatic heterocycles. The summed E-state index contributed by atoms with van der Waals surface area (Å²) in [5.74, 6) is -0.265. The maximum absolute atomic E-state index is 13.9. The van der Waals surface area contributed by atoms with Crippen LogP contribution in [0.1, 0.15) is 22.3 Å². The minimum absolute atomic E-state index is 0.265. The quantitative estimate of drug-likeness (QED) is 0.629. The van der Waals surface area contributed by atoms with E-state index in [0.29, 0.717) is 33.5 Å². The molecule has 0 unspecified atom stereocenters. The highest BCUT2D eigenvalue weighted by atomic mass is 35.5. The van der Waals surface area contributed by atoms with Crippen LogP contribution in [-0.2, 0) is 12.8 Å². The molecule has 0 saturated carbocycles. The van der Waals surface area contributed by atoms with Gasteiger partial charge in [0.05, 0.1) is 0 Å². The lowest BCUT2D eigenvalue weighted by atomic mass is 10.0. The SMILES string of the molecule is Cc1cc(F)c(CCc2cc(Cl)c(C)c(Cl)c2)c(Cl)c1. The fraction of sp³-hybridized carbons (Fsp3) is 0.250. The van der Waals surface area contributed by atoms with E-state index in [9.17, 15) is 4.39 Å². The van der Waals surface area contributed by atoms with Crippen LogP contribution < -0.4 is 0 Å². The molecule has 0 aliphatic carbocycles. The van der Waals surface area contributed by atoms with Gasteiger partial charge in [0.2, 0.25) is 0 Å². The second-order valence-corrected chi connectivity index (χ2v) is 6.11. The van der Waals surface area contributed by atoms with Crippen LogP contribution in [0, 0.1) is 19.7 Å². The Balaban J connectivity index is 2.21. The summed E-state index contributed by atoms with van der Waals surface area (Å²) in [4.78, 5) is 0. The van der Waals surface area contributed by atoms with Gasteiger partial charge in [-0.05, 0) is 67.6 Å². The summed E-state index contributed by atoms with van der Waals surface area (Å²) in [5, 5.41) is 1.72. The van der Waals surface area contributed by atoms with Gasteiger partial charge in [-0.15, -0.1) is 0 Å². The Morgan fingerprint density at radius 1 is 0.850 bits per heavy atom. The topological polar surface area (TPSA) is 0 Å². The summed E-state index contributed by atoms with van der Waals surface area (Å²) in [5.41, 5.74) is 3.18. The van der Waals surface area contributed by atoms with Crippen molar-refractivity contribution in [2.45, 2.75) is 26.7 Å². The van der Waals surface area contributed by atoms with Gasteiger partial charge in [0, 0.05) is 20.6 Å². The number of rotatable bonds is 3. The van der Waals surface area contributed by atoms with Crippen LogP contribution in [0.2, 0.25) is 15.1 Å². The molecule has 2 aromatic carbocycles. The third kappa shape index (κ3) is 3.46. The number of hydrogen-bond donors (Lipinski definition) is 0. The van der Waals surface area contributed by atoms with E-state index in [1.807, 2.05) is 26.0 Å². The molecule has 0 N–H and O–H groups in total. The molecule has 0 saturated heterocycles. The molecular weight excluding hydrogens is 318 g/mol. The lowest BCUT2D eigenvalue weighted by Crippen LogP contribution is -1.98. The molecule has 0 radical (unpaired) electrons. The lowest BCUT2D eigenvalue weighted by Gasteiger charge is -2.09. The fourth-order valence-electron chi connectivity index (χ4n) is 2.08. The van der Waals surface area contributed by atoms with Crippen molar-refractivity contribution in [3.05, 3.63) is 67.4 Å². The summed E-state index contributed by atoms with van der Waals surface area (Å²) < 4.78 is 13.9. The second-order valence-electron chi connectivity index (χ2n) is 4.89. The Morgan fingerprint density at radius 2 is 1.45 bits per heavy atom. The van der Waals surface area contributed by atoms with Crippen molar-refractivity contribution in [1.82, 2.24) is 0 Å². The third-order valence-corrected chi connectivity index (χ3v) is 4.41. The van der Waals surface area contributed by atoms with Gasteiger partial charge in [-0.25, -0.2) is 4.39 Å². The Hall–Kier alpha value is -0.760. The molecule has 0 nitrogen and oxygen atoms in total. The molecular formula is C16H14Cl3F. The molecule has 20 heavy (non-hydrogen) atoms. The molecule has 0 amide bonds. The van der Waals surface area contributed by atoms with Gasteiger partial charge in [-0.3, -0.25) is 0 Å². The summed E-state index contributed by atoms with van der Waals surface area (Å²) in [6, 6.07) is 7.00. The van der Waals surface area contributed by atoms with Crippen molar-refractivity contribution in [2.24, 2.45) is 0 Å². The number of halogens is 4. The first-order valence-electron chi connectivity index (χ1n) is 6.27. The van der Waals surface area contributed by atoms with Gasteiger partial charge in [0.15, 0.2) is 0 Å². The van der Waals surface area contributed by atoms with Crippen LogP contribution in [0.25, 0.3) is 0 Å². The molecule has 0 spiro atoms. The first-order chi connectivity index (χ1) is 9.38. The summed E-state index contributed by atoms with van der Waals surface area (Å²) >= 11 is 18.3. The summed E-state index contributed by atoms with van der Waals surface area (Å²) in [7, 11) is 0. The Labute approximate surface area is 133 Å². The molecule has 2 rings (SSSR count). The first-order valence-corrected chi connectivity index (χ1v) is 7.41. The van der Waals surface area contributed by atoms with E-state index >= 15 is 0 Å². The second kappa shape index (κ2) is 6.34. The zero-order chi connectivity index (χ0) is 14.9. The maximum atomic E-state index is 13.9. The van der Waals surface area contributed by atoms with E-state index in [2.05, 4.69) is 0 Å². The number of benzene rings is 2. The monoisotopic (exact) mass is 330 g/mol. The van der Waals surface area contributed by atoms with E-state index in [1.165, 1.54) is 6.07 Å². The van der Waals surface area contributed by atoms with E-state index in [1.54, 1.807) is 6.07 Å². The molecule has 0 bridgehead atoms. The molecule has 0 heterocycles.